The Balaban J connectivity index is 1.35. The average molecular weight is 660 g/mol. The lowest BCUT2D eigenvalue weighted by atomic mass is 10.0. The van der Waals surface area contributed by atoms with E-state index in [1.807, 2.05) is 0 Å². The number of fused-ring (bicyclic) bond motifs is 1. The Morgan fingerprint density at radius 2 is 1.85 bits per heavy atom. The van der Waals surface area contributed by atoms with E-state index < -0.39 is 86.4 Å². The van der Waals surface area contributed by atoms with Gasteiger partial charge in [0.1, 0.15) is 29.5 Å². The molecule has 5 atom stereocenters. The number of halogens is 1. The van der Waals surface area contributed by atoms with Crippen molar-refractivity contribution >= 4 is 39.7 Å². The molecular weight excluding hydrogens is 621 g/mol. The third-order valence-electron chi connectivity index (χ3n) is 8.96. The molecule has 0 spiro atoms. The van der Waals surface area contributed by atoms with E-state index in [4.69, 9.17) is 4.74 Å². The van der Waals surface area contributed by atoms with Gasteiger partial charge < -0.3 is 20.3 Å². The molecule has 5 amide bonds. The second-order valence-electron chi connectivity index (χ2n) is 12.6. The van der Waals surface area contributed by atoms with Gasteiger partial charge in [-0.15, -0.1) is 6.58 Å². The Bertz CT molecular complexity index is 1590. The molecule has 0 aromatic heterocycles. The minimum atomic E-state index is -3.91. The van der Waals surface area contributed by atoms with Crippen molar-refractivity contribution in [3.8, 4) is 0 Å². The number of likely N-dealkylation sites (tertiary alicyclic amines) is 1. The SMILES string of the molecule is C=CC(=O)NC(C(=O)N1C[C@H](OC(=O)N2Cc3cccc(F)c3C2)C[C@H]1C(=O)N[C@]1(C(=O)NS(=O)(=O)C2CC2)C[C@H]1C=C)C(C)C. The lowest BCUT2D eigenvalue weighted by Crippen LogP contribution is -2.59. The second kappa shape index (κ2) is 12.5. The molecule has 1 aromatic carbocycles. The van der Waals surface area contributed by atoms with Crippen molar-refractivity contribution in [2.45, 2.75) is 81.6 Å². The lowest BCUT2D eigenvalue weighted by Gasteiger charge is -2.31. The summed E-state index contributed by atoms with van der Waals surface area (Å²) in [5, 5.41) is 4.58. The molecule has 2 aliphatic heterocycles. The standard InChI is InChI=1S/C31H38FN5O8S/c1-5-19-13-31(19,29(41)35-46(43,44)21-10-11-21)34-27(39)24-12-20(15-37(24)28(40)26(17(3)4)33-25(38)6-2)45-30(42)36-14-18-8-7-9-23(32)22(18)16-36/h5-9,17,19-21,24,26H,1-2,10-16H2,3-4H3,(H,33,38)(H,34,39)(H,35,41)/t19-,20-,24+,26?,31-/m1/s1. The van der Waals surface area contributed by atoms with Gasteiger partial charge in [-0.05, 0) is 42.9 Å². The van der Waals surface area contributed by atoms with Gasteiger partial charge in [-0.3, -0.25) is 28.8 Å². The molecule has 5 rings (SSSR count). The number of benzene rings is 1. The van der Waals surface area contributed by atoms with Crippen LogP contribution in [0, 0.1) is 17.7 Å². The van der Waals surface area contributed by atoms with E-state index in [-0.39, 0.29) is 32.5 Å². The van der Waals surface area contributed by atoms with Gasteiger partial charge in [0, 0.05) is 24.4 Å². The van der Waals surface area contributed by atoms with Crippen molar-refractivity contribution in [2.24, 2.45) is 11.8 Å². The number of hydrogen-bond donors (Lipinski definition) is 3. The zero-order chi connectivity index (χ0) is 33.6. The Labute approximate surface area is 266 Å². The van der Waals surface area contributed by atoms with Gasteiger partial charge in [0.15, 0.2) is 0 Å². The van der Waals surface area contributed by atoms with Crippen LogP contribution in [-0.4, -0.2) is 83.5 Å². The average Bonchev–Trinajstić information content (AvgIpc) is 3.90. The molecular formula is C31H38FN5O8S. The van der Waals surface area contributed by atoms with Crippen LogP contribution in [0.1, 0.15) is 50.7 Å². The van der Waals surface area contributed by atoms with Crippen molar-refractivity contribution in [1.82, 2.24) is 25.2 Å². The summed E-state index contributed by atoms with van der Waals surface area (Å²) in [4.78, 5) is 68.8. The minimum absolute atomic E-state index is 0.00648. The zero-order valence-electron chi connectivity index (χ0n) is 25.7. The number of ether oxygens (including phenoxy) is 1. The number of sulfonamides is 1. The van der Waals surface area contributed by atoms with E-state index in [0.717, 1.165) is 6.08 Å². The van der Waals surface area contributed by atoms with Gasteiger partial charge in [-0.1, -0.05) is 38.6 Å². The molecule has 3 N–H and O–H groups in total. The van der Waals surface area contributed by atoms with E-state index in [1.54, 1.807) is 26.0 Å². The third-order valence-corrected chi connectivity index (χ3v) is 10.8. The largest absolute Gasteiger partial charge is 0.444 e. The molecule has 4 aliphatic rings. The van der Waals surface area contributed by atoms with E-state index in [2.05, 4.69) is 28.5 Å². The van der Waals surface area contributed by atoms with Crippen molar-refractivity contribution in [1.29, 1.82) is 0 Å². The number of nitrogens with zero attached hydrogens (tertiary/aromatic N) is 2. The predicted octanol–water partition coefficient (Wildman–Crippen LogP) is 1.24. The number of rotatable bonds is 11. The highest BCUT2D eigenvalue weighted by molar-refractivity contribution is 7.91. The molecule has 2 aliphatic carbocycles. The van der Waals surface area contributed by atoms with Crippen LogP contribution < -0.4 is 15.4 Å². The van der Waals surface area contributed by atoms with E-state index in [1.165, 1.54) is 21.9 Å². The van der Waals surface area contributed by atoms with Crippen LogP contribution in [0.4, 0.5) is 9.18 Å². The minimum Gasteiger partial charge on any atom is -0.444 e. The lowest BCUT2D eigenvalue weighted by molar-refractivity contribution is -0.143. The van der Waals surface area contributed by atoms with E-state index in [9.17, 15) is 36.8 Å². The third kappa shape index (κ3) is 6.50. The molecule has 13 nitrogen and oxygen atoms in total. The maximum absolute atomic E-state index is 14.3. The molecule has 0 radical (unpaired) electrons. The molecule has 15 heteroatoms. The Kier molecular flexibility index (Phi) is 8.99. The first kappa shape index (κ1) is 33.1. The molecule has 3 fully saturated rings. The molecule has 2 saturated carbocycles. The van der Waals surface area contributed by atoms with Gasteiger partial charge >= 0.3 is 6.09 Å². The summed E-state index contributed by atoms with van der Waals surface area (Å²) < 4.78 is 47.1. The van der Waals surface area contributed by atoms with Crippen LogP contribution in [0.2, 0.25) is 0 Å². The van der Waals surface area contributed by atoms with Gasteiger partial charge in [0.25, 0.3) is 5.91 Å². The number of hydrogen-bond acceptors (Lipinski definition) is 8. The summed E-state index contributed by atoms with van der Waals surface area (Å²) in [6.45, 7) is 10.4. The van der Waals surface area contributed by atoms with E-state index >= 15 is 0 Å². The first-order valence-corrected chi connectivity index (χ1v) is 16.7. The highest BCUT2D eigenvalue weighted by Gasteiger charge is 2.62. The van der Waals surface area contributed by atoms with Crippen LogP contribution >= 0.6 is 0 Å². The first-order chi connectivity index (χ1) is 21.7. The van der Waals surface area contributed by atoms with Crippen molar-refractivity contribution in [3.63, 3.8) is 0 Å². The summed E-state index contributed by atoms with van der Waals surface area (Å²) in [6, 6.07) is 2.26. The van der Waals surface area contributed by atoms with Crippen LogP contribution in [0.15, 0.2) is 43.5 Å². The maximum atomic E-state index is 14.3. The maximum Gasteiger partial charge on any atom is 0.410 e. The zero-order valence-corrected chi connectivity index (χ0v) is 26.5. The molecule has 1 saturated heterocycles. The normalized spacial score (nSPS) is 25.7. The summed E-state index contributed by atoms with van der Waals surface area (Å²) in [7, 11) is -3.91. The summed E-state index contributed by atoms with van der Waals surface area (Å²) in [5.74, 6) is -4.28. The Hall–Kier alpha value is -4.27. The monoisotopic (exact) mass is 659 g/mol. The predicted molar refractivity (Wildman–Crippen MR) is 162 cm³/mol. The molecule has 0 bridgehead atoms. The molecule has 1 unspecified atom stereocenters. The fourth-order valence-corrected chi connectivity index (χ4v) is 7.39. The van der Waals surface area contributed by atoms with Gasteiger partial charge in [0.05, 0.1) is 18.3 Å². The smallest absolute Gasteiger partial charge is 0.410 e. The fraction of sp³-hybridized carbons (Fsp3) is 0.516. The number of amides is 5. The van der Waals surface area contributed by atoms with E-state index in [0.29, 0.717) is 24.0 Å². The second-order valence-corrected chi connectivity index (χ2v) is 14.6. The summed E-state index contributed by atoms with van der Waals surface area (Å²) in [6.07, 6.45) is 1.57. The summed E-state index contributed by atoms with van der Waals surface area (Å²) in [5.41, 5.74) is -0.570. The van der Waals surface area contributed by atoms with Gasteiger partial charge in [-0.2, -0.15) is 0 Å². The van der Waals surface area contributed by atoms with Crippen molar-refractivity contribution in [3.05, 3.63) is 60.5 Å². The van der Waals surface area contributed by atoms with Crippen molar-refractivity contribution < 1.29 is 41.5 Å². The van der Waals surface area contributed by atoms with Crippen LogP contribution in [-0.2, 0) is 47.0 Å². The highest BCUT2D eigenvalue weighted by Crippen LogP contribution is 2.45. The number of carbonyl (C=O) groups excluding carboxylic acids is 5. The summed E-state index contributed by atoms with van der Waals surface area (Å²) >= 11 is 0. The quantitative estimate of drug-likeness (QED) is 0.235. The Morgan fingerprint density at radius 3 is 2.43 bits per heavy atom. The number of carbonyl (C=O) groups is 5. The molecule has 46 heavy (non-hydrogen) atoms. The fourth-order valence-electron chi connectivity index (χ4n) is 6.03. The molecule has 2 heterocycles. The van der Waals surface area contributed by atoms with Gasteiger partial charge in [0.2, 0.25) is 27.7 Å². The highest BCUT2D eigenvalue weighted by atomic mass is 32.2. The van der Waals surface area contributed by atoms with Crippen LogP contribution in [0.3, 0.4) is 0 Å². The topological polar surface area (TPSA) is 171 Å². The molecule has 248 valence electrons. The first-order valence-electron chi connectivity index (χ1n) is 15.2. The Morgan fingerprint density at radius 1 is 1.13 bits per heavy atom. The van der Waals surface area contributed by atoms with Crippen LogP contribution in [0.5, 0.6) is 0 Å². The van der Waals surface area contributed by atoms with Gasteiger partial charge in [-0.25, -0.2) is 17.6 Å². The molecule has 1 aromatic rings. The number of nitrogens with one attached hydrogen (secondary N) is 3. The van der Waals surface area contributed by atoms with Crippen molar-refractivity contribution in [2.75, 3.05) is 6.54 Å². The van der Waals surface area contributed by atoms with Crippen LogP contribution in [0.25, 0.3) is 0 Å².